The number of hydrogen-bond donors (Lipinski definition) is 3. The van der Waals surface area contributed by atoms with E-state index < -0.39 is 6.04 Å². The molecule has 0 saturated carbocycles. The van der Waals surface area contributed by atoms with Gasteiger partial charge in [0.05, 0.1) is 6.04 Å². The predicted molar refractivity (Wildman–Crippen MR) is 57.1 cm³/mol. The molecule has 5 heteroatoms. The molecule has 0 aromatic rings. The Morgan fingerprint density at radius 3 is 2.40 bits per heavy atom. The summed E-state index contributed by atoms with van der Waals surface area (Å²) in [5.74, 6) is -0.431. The number of nitrogens with one attached hydrogen (secondary N) is 1. The third-order valence-corrected chi connectivity index (χ3v) is 2.37. The third-order valence-electron chi connectivity index (χ3n) is 2.37. The van der Waals surface area contributed by atoms with Crippen molar-refractivity contribution in [2.45, 2.75) is 32.7 Å². The van der Waals surface area contributed by atoms with E-state index in [1.807, 2.05) is 6.92 Å². The lowest BCUT2D eigenvalue weighted by Crippen LogP contribution is -2.45. The van der Waals surface area contributed by atoms with Crippen LogP contribution in [0.5, 0.6) is 0 Å². The van der Waals surface area contributed by atoms with E-state index in [1.54, 1.807) is 0 Å². The van der Waals surface area contributed by atoms with Gasteiger partial charge in [-0.1, -0.05) is 13.3 Å². The zero-order valence-corrected chi connectivity index (χ0v) is 9.32. The standard InChI is InChI=1S/C10H20N2O3/c1-3-8(6-13)4-10(15)12-9(5-11)7(2)14/h8-9,13H,3-6,11H2,1-2H3,(H,12,15)/t8?,9-/m0/s1. The molecule has 1 unspecified atom stereocenters. The molecule has 5 nitrogen and oxygen atoms in total. The Labute approximate surface area is 90.0 Å². The van der Waals surface area contributed by atoms with Crippen molar-refractivity contribution < 1.29 is 14.7 Å². The van der Waals surface area contributed by atoms with Gasteiger partial charge in [-0.3, -0.25) is 9.59 Å². The minimum atomic E-state index is -0.603. The number of aliphatic hydroxyl groups is 1. The molecule has 4 N–H and O–H groups in total. The topological polar surface area (TPSA) is 92.4 Å². The Bertz CT molecular complexity index is 215. The van der Waals surface area contributed by atoms with Crippen molar-refractivity contribution in [2.75, 3.05) is 13.2 Å². The summed E-state index contributed by atoms with van der Waals surface area (Å²) in [5.41, 5.74) is 5.33. The van der Waals surface area contributed by atoms with Crippen LogP contribution in [0, 0.1) is 5.92 Å². The van der Waals surface area contributed by atoms with Gasteiger partial charge in [-0.05, 0) is 12.8 Å². The Morgan fingerprint density at radius 2 is 2.07 bits per heavy atom. The first-order chi connectivity index (χ1) is 7.04. The molecule has 1 amide bonds. The van der Waals surface area contributed by atoms with Crippen LogP contribution in [0.15, 0.2) is 0 Å². The molecule has 0 spiro atoms. The van der Waals surface area contributed by atoms with Gasteiger partial charge in [0.1, 0.15) is 0 Å². The van der Waals surface area contributed by atoms with Crippen molar-refractivity contribution in [3.8, 4) is 0 Å². The normalized spacial score (nSPS) is 14.4. The maximum absolute atomic E-state index is 11.4. The Morgan fingerprint density at radius 1 is 1.47 bits per heavy atom. The molecule has 0 radical (unpaired) electrons. The molecule has 88 valence electrons. The number of carbonyl (C=O) groups excluding carboxylic acids is 2. The van der Waals surface area contributed by atoms with Gasteiger partial charge in [0.15, 0.2) is 5.78 Å². The fourth-order valence-corrected chi connectivity index (χ4v) is 1.18. The minimum absolute atomic E-state index is 0.0166. The Kier molecular flexibility index (Phi) is 6.90. The highest BCUT2D eigenvalue weighted by molar-refractivity contribution is 5.87. The lowest BCUT2D eigenvalue weighted by molar-refractivity contribution is -0.127. The first-order valence-corrected chi connectivity index (χ1v) is 5.15. The average Bonchev–Trinajstić information content (AvgIpc) is 2.22. The second-order valence-corrected chi connectivity index (χ2v) is 3.63. The summed E-state index contributed by atoms with van der Waals surface area (Å²) in [6.45, 7) is 3.38. The Hall–Kier alpha value is -0.940. The molecule has 0 aromatic heterocycles. The third kappa shape index (κ3) is 5.49. The molecule has 0 aliphatic heterocycles. The van der Waals surface area contributed by atoms with E-state index in [1.165, 1.54) is 6.92 Å². The number of rotatable bonds is 7. The molecule has 0 fully saturated rings. The SMILES string of the molecule is CCC(CO)CC(=O)N[C@@H](CN)C(C)=O. The number of carbonyl (C=O) groups is 2. The van der Waals surface area contributed by atoms with Crippen LogP contribution in [0.1, 0.15) is 26.7 Å². The summed E-state index contributed by atoms with van der Waals surface area (Å²) < 4.78 is 0. The molecule has 15 heavy (non-hydrogen) atoms. The van der Waals surface area contributed by atoms with Gasteiger partial charge in [-0.15, -0.1) is 0 Å². The van der Waals surface area contributed by atoms with E-state index in [2.05, 4.69) is 5.32 Å². The highest BCUT2D eigenvalue weighted by atomic mass is 16.3. The summed E-state index contributed by atoms with van der Waals surface area (Å²) in [4.78, 5) is 22.4. The van der Waals surface area contributed by atoms with Crippen molar-refractivity contribution in [3.05, 3.63) is 0 Å². The van der Waals surface area contributed by atoms with Gasteiger partial charge >= 0.3 is 0 Å². The van der Waals surface area contributed by atoms with Crippen LogP contribution in [-0.4, -0.2) is 36.0 Å². The van der Waals surface area contributed by atoms with E-state index in [4.69, 9.17) is 10.8 Å². The molecular formula is C10H20N2O3. The highest BCUT2D eigenvalue weighted by Crippen LogP contribution is 2.06. The van der Waals surface area contributed by atoms with Gasteiger partial charge < -0.3 is 16.2 Å². The summed E-state index contributed by atoms with van der Waals surface area (Å²) in [6.07, 6.45) is 0.966. The summed E-state index contributed by atoms with van der Waals surface area (Å²) in [5, 5.41) is 11.4. The number of amides is 1. The molecule has 0 rings (SSSR count). The molecule has 0 aliphatic carbocycles. The second-order valence-electron chi connectivity index (χ2n) is 3.63. The van der Waals surface area contributed by atoms with E-state index in [9.17, 15) is 9.59 Å². The zero-order valence-electron chi connectivity index (χ0n) is 9.32. The molecular weight excluding hydrogens is 196 g/mol. The highest BCUT2D eigenvalue weighted by Gasteiger charge is 2.17. The zero-order chi connectivity index (χ0) is 11.8. The molecule has 0 bridgehead atoms. The second kappa shape index (κ2) is 7.36. The van der Waals surface area contributed by atoms with Crippen LogP contribution in [0.3, 0.4) is 0 Å². The fourth-order valence-electron chi connectivity index (χ4n) is 1.18. The molecule has 0 saturated heterocycles. The summed E-state index contributed by atoms with van der Waals surface area (Å²) >= 11 is 0. The van der Waals surface area contributed by atoms with Crippen molar-refractivity contribution in [1.29, 1.82) is 0 Å². The van der Waals surface area contributed by atoms with Gasteiger partial charge in [-0.2, -0.15) is 0 Å². The van der Waals surface area contributed by atoms with Crippen molar-refractivity contribution >= 4 is 11.7 Å². The van der Waals surface area contributed by atoms with Crippen LogP contribution in [-0.2, 0) is 9.59 Å². The van der Waals surface area contributed by atoms with E-state index in [0.29, 0.717) is 0 Å². The smallest absolute Gasteiger partial charge is 0.220 e. The lowest BCUT2D eigenvalue weighted by atomic mass is 10.0. The van der Waals surface area contributed by atoms with Crippen molar-refractivity contribution in [1.82, 2.24) is 5.32 Å². The summed E-state index contributed by atoms with van der Waals surface area (Å²) in [7, 11) is 0. The Balaban J connectivity index is 4.06. The monoisotopic (exact) mass is 216 g/mol. The molecule has 0 aliphatic rings. The van der Waals surface area contributed by atoms with E-state index >= 15 is 0 Å². The number of Topliss-reactive ketones (excluding diaryl/α,β-unsaturated/α-hetero) is 1. The van der Waals surface area contributed by atoms with Crippen LogP contribution < -0.4 is 11.1 Å². The molecule has 0 aromatic carbocycles. The van der Waals surface area contributed by atoms with Crippen LogP contribution in [0.4, 0.5) is 0 Å². The maximum atomic E-state index is 11.4. The minimum Gasteiger partial charge on any atom is -0.396 e. The van der Waals surface area contributed by atoms with Gasteiger partial charge in [0.2, 0.25) is 5.91 Å². The molecule has 2 atom stereocenters. The first kappa shape index (κ1) is 14.1. The number of ketones is 1. The average molecular weight is 216 g/mol. The largest absolute Gasteiger partial charge is 0.396 e. The van der Waals surface area contributed by atoms with Crippen LogP contribution >= 0.6 is 0 Å². The van der Waals surface area contributed by atoms with Crippen molar-refractivity contribution in [3.63, 3.8) is 0 Å². The fraction of sp³-hybridized carbons (Fsp3) is 0.800. The van der Waals surface area contributed by atoms with E-state index in [-0.39, 0.29) is 37.2 Å². The predicted octanol–water partition coefficient (Wildman–Crippen LogP) is -0.572. The number of aliphatic hydroxyl groups excluding tert-OH is 1. The van der Waals surface area contributed by atoms with Crippen molar-refractivity contribution in [2.24, 2.45) is 11.7 Å². The van der Waals surface area contributed by atoms with Gasteiger partial charge in [0, 0.05) is 19.6 Å². The quantitative estimate of drug-likeness (QED) is 0.531. The maximum Gasteiger partial charge on any atom is 0.220 e. The van der Waals surface area contributed by atoms with Gasteiger partial charge in [0.25, 0.3) is 0 Å². The number of nitrogens with two attached hydrogens (primary N) is 1. The molecule has 0 heterocycles. The summed E-state index contributed by atoms with van der Waals surface area (Å²) in [6, 6.07) is -0.603. The first-order valence-electron chi connectivity index (χ1n) is 5.15. The van der Waals surface area contributed by atoms with Crippen LogP contribution in [0.25, 0.3) is 0 Å². The lowest BCUT2D eigenvalue weighted by Gasteiger charge is -2.16. The van der Waals surface area contributed by atoms with E-state index in [0.717, 1.165) is 6.42 Å². The van der Waals surface area contributed by atoms with Gasteiger partial charge in [-0.25, -0.2) is 0 Å². The number of hydrogen-bond acceptors (Lipinski definition) is 4. The van der Waals surface area contributed by atoms with Crippen LogP contribution in [0.2, 0.25) is 0 Å².